The molecule has 0 radical (unpaired) electrons. The lowest BCUT2D eigenvalue weighted by Gasteiger charge is -2.06. The lowest BCUT2D eigenvalue weighted by Crippen LogP contribution is -2.14. The first-order valence-electron chi connectivity index (χ1n) is 4.01. The molecular formula is C9H5BrCl2N2O. The second-order valence-electron chi connectivity index (χ2n) is 2.83. The Labute approximate surface area is 104 Å². The fourth-order valence-corrected chi connectivity index (χ4v) is 2.07. The number of hydrogen-bond donors (Lipinski definition) is 1. The van der Waals surface area contributed by atoms with E-state index in [1.165, 1.54) is 10.8 Å². The van der Waals surface area contributed by atoms with Gasteiger partial charge in [0.15, 0.2) is 0 Å². The Morgan fingerprint density at radius 3 is 2.60 bits per heavy atom. The van der Waals surface area contributed by atoms with Crippen LogP contribution in [0.5, 0.6) is 0 Å². The molecule has 1 heterocycles. The lowest BCUT2D eigenvalue weighted by atomic mass is 10.3. The van der Waals surface area contributed by atoms with Gasteiger partial charge in [0.05, 0.1) is 15.7 Å². The number of imidazole rings is 1. The Balaban J connectivity index is 2.70. The highest BCUT2D eigenvalue weighted by Gasteiger charge is 2.10. The van der Waals surface area contributed by atoms with E-state index in [1.54, 1.807) is 18.3 Å². The van der Waals surface area contributed by atoms with Crippen molar-refractivity contribution in [1.82, 2.24) is 9.55 Å². The molecule has 6 heteroatoms. The summed E-state index contributed by atoms with van der Waals surface area (Å²) in [7, 11) is 0. The maximum atomic E-state index is 11.4. The predicted octanol–water partition coefficient (Wildman–Crippen LogP) is 3.23. The molecule has 3 nitrogen and oxygen atoms in total. The SMILES string of the molecule is O=c1[nH]ccn1-c1ccc(Br)c(Cl)c1Cl. The second kappa shape index (κ2) is 4.04. The minimum absolute atomic E-state index is 0.254. The summed E-state index contributed by atoms with van der Waals surface area (Å²) in [4.78, 5) is 13.9. The van der Waals surface area contributed by atoms with Gasteiger partial charge in [-0.05, 0) is 28.1 Å². The monoisotopic (exact) mass is 306 g/mol. The summed E-state index contributed by atoms with van der Waals surface area (Å²) < 4.78 is 2.09. The third kappa shape index (κ3) is 1.85. The summed E-state index contributed by atoms with van der Waals surface area (Å²) in [6.07, 6.45) is 3.13. The van der Waals surface area contributed by atoms with Crippen molar-refractivity contribution in [3.63, 3.8) is 0 Å². The average Bonchev–Trinajstić information content (AvgIpc) is 2.62. The minimum atomic E-state index is -0.254. The highest BCUT2D eigenvalue weighted by molar-refractivity contribution is 9.10. The molecule has 78 valence electrons. The van der Waals surface area contributed by atoms with E-state index in [0.29, 0.717) is 20.2 Å². The van der Waals surface area contributed by atoms with Crippen molar-refractivity contribution in [2.45, 2.75) is 0 Å². The Morgan fingerprint density at radius 1 is 1.27 bits per heavy atom. The van der Waals surface area contributed by atoms with Crippen LogP contribution in [-0.2, 0) is 0 Å². The van der Waals surface area contributed by atoms with Crippen LogP contribution in [-0.4, -0.2) is 9.55 Å². The first kappa shape index (κ1) is 10.8. The number of H-pyrrole nitrogens is 1. The highest BCUT2D eigenvalue weighted by atomic mass is 79.9. The molecule has 0 aliphatic heterocycles. The van der Waals surface area contributed by atoms with E-state index in [0.717, 1.165) is 0 Å². The number of nitrogens with zero attached hydrogens (tertiary/aromatic N) is 1. The van der Waals surface area contributed by atoms with E-state index in [-0.39, 0.29) is 5.69 Å². The van der Waals surface area contributed by atoms with E-state index in [1.807, 2.05) is 0 Å². The molecule has 0 bridgehead atoms. The van der Waals surface area contributed by atoms with Crippen molar-refractivity contribution in [3.8, 4) is 5.69 Å². The fraction of sp³-hybridized carbons (Fsp3) is 0. The second-order valence-corrected chi connectivity index (χ2v) is 4.44. The summed E-state index contributed by atoms with van der Waals surface area (Å²) in [6.45, 7) is 0. The molecule has 0 fully saturated rings. The smallest absolute Gasteiger partial charge is 0.312 e. The van der Waals surface area contributed by atoms with Crippen LogP contribution in [0.1, 0.15) is 0 Å². The molecule has 1 aromatic carbocycles. The van der Waals surface area contributed by atoms with Crippen LogP contribution in [0.2, 0.25) is 10.0 Å². The molecule has 0 amide bonds. The van der Waals surface area contributed by atoms with Gasteiger partial charge in [-0.25, -0.2) is 4.79 Å². The lowest BCUT2D eigenvalue weighted by molar-refractivity contribution is 0.987. The Morgan fingerprint density at radius 2 is 2.00 bits per heavy atom. The van der Waals surface area contributed by atoms with Crippen LogP contribution < -0.4 is 5.69 Å². The maximum Gasteiger partial charge on any atom is 0.330 e. The highest BCUT2D eigenvalue weighted by Crippen LogP contribution is 2.34. The number of halogens is 3. The van der Waals surface area contributed by atoms with E-state index in [4.69, 9.17) is 23.2 Å². The van der Waals surface area contributed by atoms with Gasteiger partial charge < -0.3 is 4.98 Å². The Hall–Kier alpha value is -0.710. The molecule has 2 rings (SSSR count). The summed E-state index contributed by atoms with van der Waals surface area (Å²) in [5.41, 5.74) is 0.298. The third-order valence-corrected chi connectivity index (χ3v) is 3.68. The van der Waals surface area contributed by atoms with Gasteiger partial charge in [-0.3, -0.25) is 4.57 Å². The van der Waals surface area contributed by atoms with Crippen molar-refractivity contribution < 1.29 is 0 Å². The van der Waals surface area contributed by atoms with Crippen LogP contribution >= 0.6 is 39.1 Å². The largest absolute Gasteiger partial charge is 0.330 e. The zero-order valence-corrected chi connectivity index (χ0v) is 10.4. The molecule has 0 saturated carbocycles. The van der Waals surface area contributed by atoms with E-state index in [9.17, 15) is 4.79 Å². The molecule has 0 saturated heterocycles. The van der Waals surface area contributed by atoms with Gasteiger partial charge in [-0.1, -0.05) is 23.2 Å². The first-order chi connectivity index (χ1) is 7.11. The summed E-state index contributed by atoms with van der Waals surface area (Å²) in [5, 5.41) is 0.731. The van der Waals surface area contributed by atoms with Crippen molar-refractivity contribution in [1.29, 1.82) is 0 Å². The molecule has 0 unspecified atom stereocenters. The third-order valence-electron chi connectivity index (χ3n) is 1.92. The zero-order valence-electron chi connectivity index (χ0n) is 7.30. The number of aromatic amines is 1. The summed E-state index contributed by atoms with van der Waals surface area (Å²) in [5.74, 6) is 0. The molecule has 2 aromatic rings. The minimum Gasteiger partial charge on any atom is -0.312 e. The molecule has 0 atom stereocenters. The number of nitrogens with one attached hydrogen (secondary N) is 1. The van der Waals surface area contributed by atoms with E-state index < -0.39 is 0 Å². The number of hydrogen-bond acceptors (Lipinski definition) is 1. The number of benzene rings is 1. The van der Waals surface area contributed by atoms with Gasteiger partial charge in [-0.2, -0.15) is 0 Å². The van der Waals surface area contributed by atoms with Crippen molar-refractivity contribution in [2.75, 3.05) is 0 Å². The van der Waals surface area contributed by atoms with Crippen LogP contribution in [0.4, 0.5) is 0 Å². The Kier molecular flexibility index (Phi) is 2.91. The molecule has 1 aromatic heterocycles. The van der Waals surface area contributed by atoms with Crippen LogP contribution in [0.25, 0.3) is 5.69 Å². The number of rotatable bonds is 1. The molecule has 0 aliphatic rings. The van der Waals surface area contributed by atoms with E-state index >= 15 is 0 Å². The average molecular weight is 308 g/mol. The van der Waals surface area contributed by atoms with Crippen molar-refractivity contribution in [3.05, 3.63) is 49.5 Å². The van der Waals surface area contributed by atoms with Gasteiger partial charge in [0, 0.05) is 16.9 Å². The van der Waals surface area contributed by atoms with Gasteiger partial charge in [0.1, 0.15) is 0 Å². The predicted molar refractivity (Wildman–Crippen MR) is 64.1 cm³/mol. The maximum absolute atomic E-state index is 11.4. The first-order valence-corrected chi connectivity index (χ1v) is 5.56. The topological polar surface area (TPSA) is 37.8 Å². The zero-order chi connectivity index (χ0) is 11.0. The van der Waals surface area contributed by atoms with E-state index in [2.05, 4.69) is 20.9 Å². The summed E-state index contributed by atoms with van der Waals surface area (Å²) in [6, 6.07) is 3.45. The van der Waals surface area contributed by atoms with Crippen LogP contribution in [0.3, 0.4) is 0 Å². The quantitative estimate of drug-likeness (QED) is 0.807. The van der Waals surface area contributed by atoms with Crippen LogP contribution in [0.15, 0.2) is 33.8 Å². The van der Waals surface area contributed by atoms with Crippen LogP contribution in [0, 0.1) is 0 Å². The van der Waals surface area contributed by atoms with Gasteiger partial charge in [0.2, 0.25) is 0 Å². The number of aromatic nitrogens is 2. The molecule has 0 aliphatic carbocycles. The van der Waals surface area contributed by atoms with Crippen molar-refractivity contribution >= 4 is 39.1 Å². The van der Waals surface area contributed by atoms with Crippen molar-refractivity contribution in [2.24, 2.45) is 0 Å². The van der Waals surface area contributed by atoms with Gasteiger partial charge in [-0.15, -0.1) is 0 Å². The summed E-state index contributed by atoms with van der Waals surface area (Å²) >= 11 is 15.2. The molecular weight excluding hydrogens is 303 g/mol. The van der Waals surface area contributed by atoms with Gasteiger partial charge >= 0.3 is 5.69 Å². The standard InChI is InChI=1S/C9H5BrCl2N2O/c10-5-1-2-6(8(12)7(5)11)14-4-3-13-9(14)15/h1-4H,(H,13,15). The molecule has 1 N–H and O–H groups in total. The van der Waals surface area contributed by atoms with Gasteiger partial charge in [0.25, 0.3) is 0 Å². The normalized spacial score (nSPS) is 10.6. The molecule has 15 heavy (non-hydrogen) atoms. The molecule has 0 spiro atoms. The fourth-order valence-electron chi connectivity index (χ4n) is 1.21. The Bertz CT molecular complexity index is 561.